The zero-order chi connectivity index (χ0) is 8.10. The van der Waals surface area contributed by atoms with Crippen molar-refractivity contribution in [2.45, 2.75) is 51.5 Å². The fourth-order valence-corrected chi connectivity index (χ4v) is 1.82. The topological polar surface area (TPSA) is 12.0 Å². The zero-order valence-electron chi connectivity index (χ0n) is 7.23. The van der Waals surface area contributed by atoms with Gasteiger partial charge in [-0.25, -0.2) is 0 Å². The Morgan fingerprint density at radius 1 is 1.55 bits per heavy atom. The minimum absolute atomic E-state index is 0.703. The van der Waals surface area contributed by atoms with Crippen molar-refractivity contribution in [2.24, 2.45) is 0 Å². The van der Waals surface area contributed by atoms with E-state index in [0.29, 0.717) is 6.04 Å². The van der Waals surface area contributed by atoms with Gasteiger partial charge in [0.25, 0.3) is 0 Å². The lowest BCUT2D eigenvalue weighted by molar-refractivity contribution is 0.534. The van der Waals surface area contributed by atoms with Gasteiger partial charge in [0.2, 0.25) is 0 Å². The minimum Gasteiger partial charge on any atom is -0.377 e. The van der Waals surface area contributed by atoms with Crippen LogP contribution in [0.3, 0.4) is 0 Å². The van der Waals surface area contributed by atoms with Crippen LogP contribution < -0.4 is 5.32 Å². The molecule has 1 saturated heterocycles. The Balaban J connectivity index is 2.04. The van der Waals surface area contributed by atoms with Crippen molar-refractivity contribution < 1.29 is 0 Å². The smallest absolute Gasteiger partial charge is 0.0756 e. The van der Waals surface area contributed by atoms with E-state index < -0.39 is 0 Å². The second kappa shape index (κ2) is 4.70. The predicted octanol–water partition coefficient (Wildman–Crippen LogP) is 2.65. The summed E-state index contributed by atoms with van der Waals surface area (Å²) in [6, 6.07) is 0.703. The summed E-state index contributed by atoms with van der Waals surface area (Å²) >= 11 is 5.06. The second-order valence-corrected chi connectivity index (χ2v) is 3.79. The normalized spacial score (nSPS) is 23.7. The maximum atomic E-state index is 5.06. The maximum Gasteiger partial charge on any atom is 0.0756 e. The molecule has 1 rings (SSSR count). The van der Waals surface area contributed by atoms with Crippen molar-refractivity contribution in [3.05, 3.63) is 0 Å². The van der Waals surface area contributed by atoms with Crippen molar-refractivity contribution in [2.75, 3.05) is 0 Å². The quantitative estimate of drug-likeness (QED) is 0.515. The lowest BCUT2D eigenvalue weighted by Gasteiger charge is -2.08. The summed E-state index contributed by atoms with van der Waals surface area (Å²) in [5.74, 6) is 0. The van der Waals surface area contributed by atoms with Gasteiger partial charge in [0.05, 0.1) is 4.99 Å². The summed E-state index contributed by atoms with van der Waals surface area (Å²) < 4.78 is 0. The van der Waals surface area contributed by atoms with Crippen LogP contribution in [0.2, 0.25) is 0 Å². The maximum absolute atomic E-state index is 5.06. The Bertz CT molecular complexity index is 134. The number of rotatable bonds is 4. The number of hydrogen-bond acceptors (Lipinski definition) is 1. The van der Waals surface area contributed by atoms with Crippen molar-refractivity contribution in [1.82, 2.24) is 5.32 Å². The van der Waals surface area contributed by atoms with E-state index in [1.54, 1.807) is 0 Å². The molecule has 0 aromatic carbocycles. The fraction of sp³-hybridized carbons (Fsp3) is 0.889. The molecule has 2 heteroatoms. The average Bonchev–Trinajstić information content (AvgIpc) is 2.37. The third-order valence-electron chi connectivity index (χ3n) is 2.24. The van der Waals surface area contributed by atoms with Gasteiger partial charge in [0.1, 0.15) is 0 Å². The first-order valence-electron chi connectivity index (χ1n) is 4.62. The number of hydrogen-bond donors (Lipinski definition) is 1. The molecule has 0 bridgehead atoms. The molecule has 0 spiro atoms. The Labute approximate surface area is 74.6 Å². The predicted molar refractivity (Wildman–Crippen MR) is 52.9 cm³/mol. The highest BCUT2D eigenvalue weighted by Gasteiger charge is 2.16. The second-order valence-electron chi connectivity index (χ2n) is 3.30. The molecular weight excluding hydrogens is 154 g/mol. The molecular formula is C9H17NS. The van der Waals surface area contributed by atoms with E-state index in [1.165, 1.54) is 32.1 Å². The van der Waals surface area contributed by atoms with Gasteiger partial charge in [0, 0.05) is 6.04 Å². The van der Waals surface area contributed by atoms with Crippen LogP contribution in [0, 0.1) is 0 Å². The molecule has 0 amide bonds. The monoisotopic (exact) mass is 171 g/mol. The Hall–Kier alpha value is -0.110. The van der Waals surface area contributed by atoms with Crippen LogP contribution in [0.1, 0.15) is 45.4 Å². The van der Waals surface area contributed by atoms with E-state index in [2.05, 4.69) is 12.2 Å². The summed E-state index contributed by atoms with van der Waals surface area (Å²) in [4.78, 5) is 1.08. The van der Waals surface area contributed by atoms with E-state index in [-0.39, 0.29) is 0 Å². The lowest BCUT2D eigenvalue weighted by Crippen LogP contribution is -2.23. The molecule has 1 unspecified atom stereocenters. The highest BCUT2D eigenvalue weighted by molar-refractivity contribution is 7.80. The fourth-order valence-electron chi connectivity index (χ4n) is 1.53. The minimum atomic E-state index is 0.703. The molecule has 64 valence electrons. The summed E-state index contributed by atoms with van der Waals surface area (Å²) in [7, 11) is 0. The number of thiocarbonyl (C=S) groups is 1. The molecule has 0 radical (unpaired) electrons. The molecule has 1 aliphatic heterocycles. The van der Waals surface area contributed by atoms with Crippen molar-refractivity contribution in [1.29, 1.82) is 0 Å². The van der Waals surface area contributed by atoms with Crippen LogP contribution in [-0.4, -0.2) is 11.0 Å². The molecule has 11 heavy (non-hydrogen) atoms. The van der Waals surface area contributed by atoms with Gasteiger partial charge < -0.3 is 5.32 Å². The molecule has 0 aromatic rings. The highest BCUT2D eigenvalue weighted by atomic mass is 32.1. The summed E-state index contributed by atoms with van der Waals surface area (Å²) in [5, 5.41) is 3.34. The summed E-state index contributed by atoms with van der Waals surface area (Å²) in [5.41, 5.74) is 0. The molecule has 0 aliphatic carbocycles. The first kappa shape index (κ1) is 8.98. The molecule has 1 aliphatic rings. The van der Waals surface area contributed by atoms with Crippen LogP contribution >= 0.6 is 12.2 Å². The average molecular weight is 171 g/mol. The van der Waals surface area contributed by atoms with Crippen molar-refractivity contribution in [3.63, 3.8) is 0 Å². The van der Waals surface area contributed by atoms with E-state index in [9.17, 15) is 0 Å². The van der Waals surface area contributed by atoms with Gasteiger partial charge >= 0.3 is 0 Å². The van der Waals surface area contributed by atoms with Crippen LogP contribution in [-0.2, 0) is 0 Å². The van der Waals surface area contributed by atoms with Crippen LogP contribution in [0.4, 0.5) is 0 Å². The largest absolute Gasteiger partial charge is 0.377 e. The molecule has 1 N–H and O–H groups in total. The highest BCUT2D eigenvalue weighted by Crippen LogP contribution is 2.14. The first-order chi connectivity index (χ1) is 5.33. The Morgan fingerprint density at radius 3 is 2.91 bits per heavy atom. The summed E-state index contributed by atoms with van der Waals surface area (Å²) in [6.07, 6.45) is 7.74. The lowest BCUT2D eigenvalue weighted by atomic mass is 10.1. The van der Waals surface area contributed by atoms with E-state index >= 15 is 0 Å². The van der Waals surface area contributed by atoms with E-state index in [4.69, 9.17) is 12.2 Å². The standard InChI is InChI=1S/C9H17NS/c1-2-3-4-5-8-6-7-9(11)10-8/h8H,2-7H2,1H3,(H,10,11). The third-order valence-corrected chi connectivity index (χ3v) is 2.56. The molecule has 1 nitrogen and oxygen atoms in total. The van der Waals surface area contributed by atoms with Gasteiger partial charge in [-0.15, -0.1) is 0 Å². The Morgan fingerprint density at radius 2 is 2.36 bits per heavy atom. The molecule has 1 fully saturated rings. The van der Waals surface area contributed by atoms with Gasteiger partial charge in [-0.3, -0.25) is 0 Å². The van der Waals surface area contributed by atoms with Gasteiger partial charge in [-0.1, -0.05) is 38.4 Å². The molecule has 0 saturated carbocycles. The zero-order valence-corrected chi connectivity index (χ0v) is 8.04. The van der Waals surface area contributed by atoms with Crippen molar-refractivity contribution >= 4 is 17.2 Å². The molecule has 0 aromatic heterocycles. The third kappa shape index (κ3) is 3.19. The van der Waals surface area contributed by atoms with Crippen molar-refractivity contribution in [3.8, 4) is 0 Å². The number of nitrogens with one attached hydrogen (secondary N) is 1. The summed E-state index contributed by atoms with van der Waals surface area (Å²) in [6.45, 7) is 2.24. The van der Waals surface area contributed by atoms with E-state index in [0.717, 1.165) is 11.4 Å². The SMILES string of the molecule is CCCCCC1CCC(=S)N1. The first-order valence-corrected chi connectivity index (χ1v) is 5.03. The van der Waals surface area contributed by atoms with Gasteiger partial charge in [0.15, 0.2) is 0 Å². The van der Waals surface area contributed by atoms with Crippen LogP contribution in [0.15, 0.2) is 0 Å². The van der Waals surface area contributed by atoms with Gasteiger partial charge in [-0.2, -0.15) is 0 Å². The molecule has 1 atom stereocenters. The molecule has 1 heterocycles. The number of unbranched alkanes of at least 4 members (excludes halogenated alkanes) is 2. The Kier molecular flexibility index (Phi) is 3.84. The van der Waals surface area contributed by atoms with Crippen LogP contribution in [0.25, 0.3) is 0 Å². The van der Waals surface area contributed by atoms with E-state index in [1.807, 2.05) is 0 Å². The van der Waals surface area contributed by atoms with Crippen LogP contribution in [0.5, 0.6) is 0 Å². The van der Waals surface area contributed by atoms with Gasteiger partial charge in [-0.05, 0) is 19.3 Å².